The number of aryl methyl sites for hydroxylation is 1. The van der Waals surface area contributed by atoms with Crippen LogP contribution in [0.15, 0.2) is 23.1 Å². The van der Waals surface area contributed by atoms with E-state index in [1.54, 1.807) is 10.5 Å². The first kappa shape index (κ1) is 28.8. The predicted octanol–water partition coefficient (Wildman–Crippen LogP) is 15.8. The quantitative estimate of drug-likeness (QED) is 0.159. The van der Waals surface area contributed by atoms with Crippen molar-refractivity contribution >= 4 is 97.9 Å². The lowest BCUT2D eigenvalue weighted by Gasteiger charge is -2.65. The van der Waals surface area contributed by atoms with Crippen LogP contribution in [0.1, 0.15) is 249 Å². The lowest BCUT2D eigenvalue weighted by Crippen LogP contribution is -2.62. The summed E-state index contributed by atoms with van der Waals surface area (Å²) >= 11 is 2.61. The Kier molecular flexibility index (Phi) is 2.74. The van der Waals surface area contributed by atoms with Crippen LogP contribution >= 0.6 is 11.8 Å². The Bertz CT molecular complexity index is 5480. The molecule has 34 rings (SSSR count). The van der Waals surface area contributed by atoms with Gasteiger partial charge in [0.15, 0.2) is 0 Å². The van der Waals surface area contributed by atoms with E-state index in [1.165, 1.54) is 19.3 Å². The average Bonchev–Trinajstić information content (AvgIpc) is 4.34. The molecule has 0 aromatic heterocycles. The standard InChI is InChI=1S/C70H32S/c1-2-3-5-8-6-4-7-9-64(8)69-65-56-48-38-28-20-12-10-11-14-18-16(12)24-32-26(18)36-30-22(14)23-15(11)19-17-13(10)21(20)29-35-25(17)33-27(19)37-31(23)41-40(30)52-46(36)54-44(32)50(42(48)34(24)28)58(65)60(54)67-62(52)63-53(41)47(37)55-45(33)51-43(35)49(39(29)38)57(56)66(69)59(51)61(55)68(63)70(67,69)71-9/h4,6-7,12,14,16,18,20,22,28,30,38-41,49,53,57,59,61,63,66,68H,2-3,5H2,1H3. The minimum absolute atomic E-state index is 0.0465. The third kappa shape index (κ3) is 1.61. The molecule has 11 aromatic carbocycles. The molecule has 1 saturated carbocycles. The number of thioether (sulfide) groups is 1. The maximum Gasteiger partial charge on any atom is 0.0645 e. The van der Waals surface area contributed by atoms with E-state index in [4.69, 9.17) is 0 Å². The van der Waals surface area contributed by atoms with Crippen LogP contribution in [0.2, 0.25) is 0 Å². The van der Waals surface area contributed by atoms with Gasteiger partial charge in [-0.2, -0.15) is 0 Å². The summed E-state index contributed by atoms with van der Waals surface area (Å²) in [7, 11) is 0. The molecule has 0 amide bonds. The van der Waals surface area contributed by atoms with Gasteiger partial charge in [-0.05, 0) is 357 Å². The molecule has 1 heteroatoms. The Labute approximate surface area is 406 Å². The van der Waals surface area contributed by atoms with Crippen molar-refractivity contribution in [1.82, 2.24) is 0 Å². The SMILES string of the molecule is CCCCc1cccc2c1C13c4c5c6c7c8c9c%10c%11c%12c%13c%14c%15c(c%16c%13c%10c7c4-%16)C1(S2)C1C%15C2c4c7c%10c%13c%15c%16c%17c%18c%19c%20c%21c%22c%23c(c4c4c%22c%19c%16c%104)C2C%14C%12C%23C%21C%11C9C%20C%18C8C6C%17C%15C5C3C%13C71. The van der Waals surface area contributed by atoms with Crippen LogP contribution in [-0.2, 0) is 16.6 Å². The summed E-state index contributed by atoms with van der Waals surface area (Å²) in [5.74, 6) is 13.5. The molecule has 71 heavy (non-hydrogen) atoms. The van der Waals surface area contributed by atoms with Crippen molar-refractivity contribution in [3.63, 3.8) is 0 Å². The molecule has 22 unspecified atom stereocenters. The zero-order valence-corrected chi connectivity index (χ0v) is 39.1. The molecular formula is C70H32S. The van der Waals surface area contributed by atoms with Crippen LogP contribution in [0.3, 0.4) is 0 Å². The Hall–Kier alpha value is -5.37. The van der Waals surface area contributed by atoms with E-state index in [-0.39, 0.29) is 10.2 Å². The number of hydrogen-bond acceptors (Lipinski definition) is 1. The summed E-state index contributed by atoms with van der Waals surface area (Å²) < 4.78 is 0.0746. The van der Waals surface area contributed by atoms with Crippen molar-refractivity contribution in [3.8, 4) is 11.1 Å². The third-order valence-corrected chi connectivity index (χ3v) is 32.8. The maximum atomic E-state index is 2.75. The minimum Gasteiger partial charge on any atom is -0.112 e. The summed E-state index contributed by atoms with van der Waals surface area (Å²) in [5, 5.41) is 30.9. The molecule has 0 N–H and O–H groups in total. The number of unbranched alkanes of at least 4 members (excludes halogenated alkanes) is 1. The van der Waals surface area contributed by atoms with Crippen LogP contribution in [0.25, 0.3) is 97.3 Å². The first-order valence-corrected chi connectivity index (χ1v) is 30.2. The second-order valence-corrected chi connectivity index (χ2v) is 31.3. The topological polar surface area (TPSA) is 0 Å². The highest BCUT2D eigenvalue weighted by Gasteiger charge is 2.89. The van der Waals surface area contributed by atoms with Crippen LogP contribution in [0, 0.1) is 11.8 Å². The van der Waals surface area contributed by atoms with Crippen LogP contribution in [-0.4, -0.2) is 0 Å². The molecule has 0 radical (unpaired) electrons. The van der Waals surface area contributed by atoms with Gasteiger partial charge in [-0.25, -0.2) is 0 Å². The first-order valence-electron chi connectivity index (χ1n) is 29.4. The van der Waals surface area contributed by atoms with Crippen molar-refractivity contribution in [2.75, 3.05) is 0 Å². The van der Waals surface area contributed by atoms with Gasteiger partial charge in [0.25, 0.3) is 0 Å². The molecule has 0 bridgehead atoms. The number of hydrogen-bond donors (Lipinski definition) is 0. The predicted molar refractivity (Wildman–Crippen MR) is 275 cm³/mol. The second kappa shape index (κ2) is 6.77. The van der Waals surface area contributed by atoms with Gasteiger partial charge in [0, 0.05) is 10.3 Å². The van der Waals surface area contributed by atoms with E-state index in [0.717, 1.165) is 0 Å². The molecule has 318 valence electrons. The van der Waals surface area contributed by atoms with Gasteiger partial charge >= 0.3 is 0 Å². The summed E-state index contributed by atoms with van der Waals surface area (Å²) in [5.41, 5.74) is 48.6. The maximum absolute atomic E-state index is 2.75. The highest BCUT2D eigenvalue weighted by atomic mass is 32.2. The molecule has 1 heterocycles. The highest BCUT2D eigenvalue weighted by Crippen LogP contribution is 3.01. The fourth-order valence-electron chi connectivity index (χ4n) is 32.5. The molecule has 22 aliphatic carbocycles. The zero-order valence-electron chi connectivity index (χ0n) is 38.3. The van der Waals surface area contributed by atoms with E-state index in [1.807, 2.05) is 170 Å². The van der Waals surface area contributed by atoms with Crippen molar-refractivity contribution in [3.05, 3.63) is 141 Å². The van der Waals surface area contributed by atoms with Crippen molar-refractivity contribution in [2.24, 2.45) is 11.8 Å². The fourth-order valence-corrected chi connectivity index (χ4v) is 34.7. The van der Waals surface area contributed by atoms with Gasteiger partial charge in [-0.15, -0.1) is 11.8 Å². The smallest absolute Gasteiger partial charge is 0.0645 e. The molecule has 0 nitrogen and oxygen atoms in total. The zero-order chi connectivity index (χ0) is 42.2. The summed E-state index contributed by atoms with van der Waals surface area (Å²) in [6.45, 7) is 2.48. The van der Waals surface area contributed by atoms with Gasteiger partial charge in [0.2, 0.25) is 0 Å². The Morgan fingerprint density at radius 2 is 0.676 bits per heavy atom. The normalized spacial score (nSPS) is 47.5. The lowest BCUT2D eigenvalue weighted by atomic mass is 9.39. The van der Waals surface area contributed by atoms with Crippen molar-refractivity contribution < 1.29 is 0 Å². The van der Waals surface area contributed by atoms with Crippen LogP contribution in [0.4, 0.5) is 0 Å². The summed E-state index contributed by atoms with van der Waals surface area (Å²) in [6, 6.07) is 8.06. The molecule has 1 fully saturated rings. The van der Waals surface area contributed by atoms with E-state index in [0.29, 0.717) is 118 Å². The van der Waals surface area contributed by atoms with Gasteiger partial charge in [-0.1, -0.05) is 25.5 Å². The van der Waals surface area contributed by atoms with Crippen molar-refractivity contribution in [2.45, 2.75) is 148 Å². The van der Waals surface area contributed by atoms with E-state index >= 15 is 0 Å². The third-order valence-electron chi connectivity index (χ3n) is 31.1. The Morgan fingerprint density at radius 1 is 0.338 bits per heavy atom. The first-order chi connectivity index (χ1) is 35.4. The highest BCUT2D eigenvalue weighted by molar-refractivity contribution is 8.00. The molecule has 0 saturated heterocycles. The van der Waals surface area contributed by atoms with Crippen molar-refractivity contribution in [1.29, 1.82) is 0 Å². The van der Waals surface area contributed by atoms with Gasteiger partial charge in [0.05, 0.1) is 4.75 Å². The summed E-state index contributed by atoms with van der Waals surface area (Å²) in [4.78, 5) is 1.76. The van der Waals surface area contributed by atoms with Gasteiger partial charge in [0.1, 0.15) is 0 Å². The molecule has 2 spiro atoms. The average molecular weight is 905 g/mol. The summed E-state index contributed by atoms with van der Waals surface area (Å²) in [6.07, 6.45) is 3.88. The Morgan fingerprint density at radius 3 is 1.14 bits per heavy atom. The molecule has 23 aliphatic rings. The molecule has 22 atom stereocenters. The molecular weight excluding hydrogens is 873 g/mol. The van der Waals surface area contributed by atoms with E-state index in [2.05, 4.69) is 81.4 Å². The molecule has 1 aliphatic heterocycles. The van der Waals surface area contributed by atoms with Gasteiger partial charge in [-0.3, -0.25) is 0 Å². The number of fused-ring (bicyclic) bond motifs is 1. The number of benzene rings is 10. The lowest BCUT2D eigenvalue weighted by molar-refractivity contribution is 0.0337. The van der Waals surface area contributed by atoms with Crippen LogP contribution in [0.5, 0.6) is 0 Å². The second-order valence-electron chi connectivity index (χ2n) is 30.0. The fraction of sp³-hybridized carbons (Fsp3) is 0.371. The molecule has 11 aromatic rings. The van der Waals surface area contributed by atoms with E-state index in [9.17, 15) is 0 Å². The van der Waals surface area contributed by atoms with Crippen LogP contribution < -0.4 is 0 Å². The number of rotatable bonds is 3. The van der Waals surface area contributed by atoms with Gasteiger partial charge < -0.3 is 0 Å². The Balaban J connectivity index is 1.01. The monoisotopic (exact) mass is 904 g/mol. The minimum atomic E-state index is 0.0465. The van der Waals surface area contributed by atoms with E-state index < -0.39 is 0 Å². The largest absolute Gasteiger partial charge is 0.112 e.